The van der Waals surface area contributed by atoms with Crippen LogP contribution in [0.1, 0.15) is 20.8 Å². The zero-order valence-electron chi connectivity index (χ0n) is 8.20. The van der Waals surface area contributed by atoms with Gasteiger partial charge in [-0.3, -0.25) is 0 Å². The molecule has 0 saturated heterocycles. The molecule has 0 heterocycles. The summed E-state index contributed by atoms with van der Waals surface area (Å²) in [4.78, 5) is 0. The first-order valence-electron chi connectivity index (χ1n) is 3.73. The summed E-state index contributed by atoms with van der Waals surface area (Å²) in [6, 6.07) is 0. The van der Waals surface area contributed by atoms with Crippen molar-refractivity contribution in [1.82, 2.24) is 0 Å². The Morgan fingerprint density at radius 2 is 1.54 bits per heavy atom. The molecule has 0 radical (unpaired) electrons. The highest BCUT2D eigenvalue weighted by molar-refractivity contribution is 5.20. The molecule has 76 valence electrons. The van der Waals surface area contributed by atoms with E-state index < -0.39 is 11.7 Å². The second kappa shape index (κ2) is 6.52. The van der Waals surface area contributed by atoms with E-state index in [9.17, 15) is 13.2 Å². The third-order valence-corrected chi connectivity index (χ3v) is 0.858. The molecule has 3 heteroatoms. The molecule has 0 aromatic carbocycles. The lowest BCUT2D eigenvalue weighted by molar-refractivity contribution is -0.0882. The first-order chi connectivity index (χ1) is 5.75. The first kappa shape index (κ1) is 14.5. The Kier molecular flexibility index (Phi) is 7.28. The maximum atomic E-state index is 11.6. The number of allylic oxidation sites excluding steroid dienone is 4. The van der Waals surface area contributed by atoms with Crippen LogP contribution in [0.4, 0.5) is 13.2 Å². The molecule has 0 N–H and O–H groups in total. The summed E-state index contributed by atoms with van der Waals surface area (Å²) >= 11 is 0. The van der Waals surface area contributed by atoms with E-state index in [0.717, 1.165) is 12.2 Å². The third-order valence-electron chi connectivity index (χ3n) is 0.858. The average Bonchev–Trinajstić information content (AvgIpc) is 1.85. The van der Waals surface area contributed by atoms with Gasteiger partial charge in [-0.1, -0.05) is 24.3 Å². The molecule has 0 aliphatic heterocycles. The number of rotatable bonds is 1. The Hall–Kier alpha value is -0.990. The summed E-state index contributed by atoms with van der Waals surface area (Å²) in [5.41, 5.74) is 0.475. The van der Waals surface area contributed by atoms with Gasteiger partial charge in [0.25, 0.3) is 0 Å². The van der Waals surface area contributed by atoms with Crippen LogP contribution in [0.3, 0.4) is 0 Å². The fourth-order valence-corrected chi connectivity index (χ4v) is 0.397. The predicted octanol–water partition coefficient (Wildman–Crippen LogP) is 4.26. The normalized spacial score (nSPS) is 11.4. The van der Waals surface area contributed by atoms with Gasteiger partial charge in [0.05, 0.1) is 5.57 Å². The Balaban J connectivity index is 0. The van der Waals surface area contributed by atoms with E-state index in [2.05, 4.69) is 13.2 Å². The molecule has 0 rings (SSSR count). The van der Waals surface area contributed by atoms with Crippen LogP contribution < -0.4 is 0 Å². The first-order valence-corrected chi connectivity index (χ1v) is 3.73. The van der Waals surface area contributed by atoms with Crippen LogP contribution in [-0.2, 0) is 0 Å². The van der Waals surface area contributed by atoms with Crippen LogP contribution in [0, 0.1) is 0 Å². The second-order valence-corrected chi connectivity index (χ2v) is 2.65. The van der Waals surface area contributed by atoms with Gasteiger partial charge >= 0.3 is 6.18 Å². The highest BCUT2D eigenvalue weighted by atomic mass is 19.4. The molecule has 0 fully saturated rings. The Bertz CT molecular complexity index is 193. The lowest BCUT2D eigenvalue weighted by Crippen LogP contribution is -2.08. The fraction of sp³-hybridized carbons (Fsp3) is 0.400. The highest BCUT2D eigenvalue weighted by Crippen LogP contribution is 2.25. The SMILES string of the molecule is C=C(C)C.C=C/C(=C\C)C(F)(F)F. The minimum atomic E-state index is -4.24. The zero-order valence-corrected chi connectivity index (χ0v) is 8.20. The molecule has 0 spiro atoms. The molecule has 0 aliphatic rings. The van der Waals surface area contributed by atoms with Crippen molar-refractivity contribution in [2.45, 2.75) is 26.9 Å². The molecule has 13 heavy (non-hydrogen) atoms. The monoisotopic (exact) mass is 192 g/mol. The minimum Gasteiger partial charge on any atom is -0.166 e. The van der Waals surface area contributed by atoms with Crippen LogP contribution in [-0.4, -0.2) is 6.18 Å². The standard InChI is InChI=1S/C6H7F3.C4H8/c1-3-5(4-2)6(7,8)9;1-4(2)3/h3-4H,1H2,2H3;1H2,2-3H3/b5-4+;. The van der Waals surface area contributed by atoms with Crippen molar-refractivity contribution in [2.75, 3.05) is 0 Å². The second-order valence-electron chi connectivity index (χ2n) is 2.65. The van der Waals surface area contributed by atoms with Gasteiger partial charge in [-0.2, -0.15) is 13.2 Å². The lowest BCUT2D eigenvalue weighted by atomic mass is 10.2. The Morgan fingerprint density at radius 3 is 1.54 bits per heavy atom. The predicted molar refractivity (Wildman–Crippen MR) is 50.5 cm³/mol. The van der Waals surface area contributed by atoms with Crippen LogP contribution in [0.15, 0.2) is 36.5 Å². The van der Waals surface area contributed by atoms with Crippen molar-refractivity contribution in [2.24, 2.45) is 0 Å². The lowest BCUT2D eigenvalue weighted by Gasteiger charge is -2.04. The summed E-state index contributed by atoms with van der Waals surface area (Å²) < 4.78 is 34.7. The maximum absolute atomic E-state index is 11.6. The quantitative estimate of drug-likeness (QED) is 0.430. The largest absolute Gasteiger partial charge is 0.416 e. The van der Waals surface area contributed by atoms with Gasteiger partial charge in [-0.05, 0) is 20.8 Å². The van der Waals surface area contributed by atoms with Gasteiger partial charge < -0.3 is 0 Å². The summed E-state index contributed by atoms with van der Waals surface area (Å²) in [6.07, 6.45) is -2.47. The number of hydrogen-bond donors (Lipinski definition) is 0. The van der Waals surface area contributed by atoms with Gasteiger partial charge in [0.15, 0.2) is 0 Å². The van der Waals surface area contributed by atoms with Gasteiger partial charge in [0, 0.05) is 0 Å². The van der Waals surface area contributed by atoms with Gasteiger partial charge in [-0.25, -0.2) is 0 Å². The smallest absolute Gasteiger partial charge is 0.166 e. The third kappa shape index (κ3) is 11.0. The molecule has 0 nitrogen and oxygen atoms in total. The summed E-state index contributed by atoms with van der Waals surface area (Å²) in [6.45, 7) is 11.8. The van der Waals surface area contributed by atoms with Gasteiger partial charge in [0.2, 0.25) is 0 Å². The van der Waals surface area contributed by atoms with Gasteiger partial charge in [-0.15, -0.1) is 6.58 Å². The van der Waals surface area contributed by atoms with Crippen molar-refractivity contribution >= 4 is 0 Å². The molecule has 0 atom stereocenters. The van der Waals surface area contributed by atoms with Crippen molar-refractivity contribution < 1.29 is 13.2 Å². The van der Waals surface area contributed by atoms with E-state index in [-0.39, 0.29) is 0 Å². The number of halogens is 3. The fourth-order valence-electron chi connectivity index (χ4n) is 0.397. The molecule has 0 aromatic rings. The molecule has 0 aliphatic carbocycles. The van der Waals surface area contributed by atoms with E-state index in [1.807, 2.05) is 13.8 Å². The Labute approximate surface area is 77.5 Å². The van der Waals surface area contributed by atoms with Crippen LogP contribution in [0.2, 0.25) is 0 Å². The average molecular weight is 192 g/mol. The molecular weight excluding hydrogens is 177 g/mol. The van der Waals surface area contributed by atoms with E-state index >= 15 is 0 Å². The van der Waals surface area contributed by atoms with Gasteiger partial charge in [0.1, 0.15) is 0 Å². The molecule has 0 saturated carbocycles. The van der Waals surface area contributed by atoms with Crippen molar-refractivity contribution in [3.05, 3.63) is 36.5 Å². The maximum Gasteiger partial charge on any atom is 0.416 e. The van der Waals surface area contributed by atoms with E-state index in [4.69, 9.17) is 0 Å². The molecule has 0 unspecified atom stereocenters. The van der Waals surface area contributed by atoms with Crippen molar-refractivity contribution in [3.63, 3.8) is 0 Å². The van der Waals surface area contributed by atoms with Crippen molar-refractivity contribution in [3.8, 4) is 0 Å². The molecule has 0 bridgehead atoms. The topological polar surface area (TPSA) is 0 Å². The zero-order chi connectivity index (χ0) is 11.1. The van der Waals surface area contributed by atoms with E-state index in [1.165, 1.54) is 12.5 Å². The van der Waals surface area contributed by atoms with Crippen LogP contribution in [0.5, 0.6) is 0 Å². The number of hydrogen-bond acceptors (Lipinski definition) is 0. The summed E-state index contributed by atoms with van der Waals surface area (Å²) in [5.74, 6) is 0. The summed E-state index contributed by atoms with van der Waals surface area (Å²) in [7, 11) is 0. The van der Waals surface area contributed by atoms with Crippen molar-refractivity contribution in [1.29, 1.82) is 0 Å². The van der Waals surface area contributed by atoms with Crippen LogP contribution in [0.25, 0.3) is 0 Å². The minimum absolute atomic E-state index is 0.692. The molecule has 0 amide bonds. The number of alkyl halides is 3. The highest BCUT2D eigenvalue weighted by Gasteiger charge is 2.30. The Morgan fingerprint density at radius 1 is 1.23 bits per heavy atom. The van der Waals surface area contributed by atoms with E-state index in [0.29, 0.717) is 0 Å². The summed E-state index contributed by atoms with van der Waals surface area (Å²) in [5, 5.41) is 0. The van der Waals surface area contributed by atoms with E-state index in [1.54, 1.807) is 0 Å². The molecule has 0 aromatic heterocycles. The van der Waals surface area contributed by atoms with Crippen LogP contribution >= 0.6 is 0 Å². The molecular formula is C10H15F3.